The van der Waals surface area contributed by atoms with E-state index in [4.69, 9.17) is 5.26 Å². The van der Waals surface area contributed by atoms with Gasteiger partial charge in [-0.3, -0.25) is 14.6 Å². The molecule has 0 bridgehead atoms. The van der Waals surface area contributed by atoms with Crippen molar-refractivity contribution < 1.29 is 13.6 Å². The number of hydrogen-bond acceptors (Lipinski definition) is 5. The Morgan fingerprint density at radius 1 is 1.34 bits per heavy atom. The zero-order valence-corrected chi connectivity index (χ0v) is 15.9. The number of hydrogen-bond donors (Lipinski definition) is 2. The van der Waals surface area contributed by atoms with Gasteiger partial charge in [0.25, 0.3) is 5.56 Å². The number of nitrogens with zero attached hydrogens (tertiary/aromatic N) is 3. The van der Waals surface area contributed by atoms with Crippen molar-refractivity contribution in [3.63, 3.8) is 0 Å². The molecule has 0 unspecified atom stereocenters. The highest BCUT2D eigenvalue weighted by atomic mass is 19.2. The van der Waals surface area contributed by atoms with Crippen LogP contribution in [0.25, 0.3) is 10.9 Å². The Kier molecular flexibility index (Phi) is 5.37. The first-order valence-corrected chi connectivity index (χ1v) is 8.75. The van der Waals surface area contributed by atoms with Crippen LogP contribution in [0.1, 0.15) is 41.2 Å². The second kappa shape index (κ2) is 7.75. The van der Waals surface area contributed by atoms with Crippen LogP contribution < -0.4 is 10.9 Å². The van der Waals surface area contributed by atoms with Gasteiger partial charge >= 0.3 is 0 Å². The van der Waals surface area contributed by atoms with Crippen LogP contribution in [-0.4, -0.2) is 20.9 Å². The summed E-state index contributed by atoms with van der Waals surface area (Å²) >= 11 is 0. The number of aromatic nitrogens is 3. The Morgan fingerprint density at radius 2 is 2.07 bits per heavy atom. The van der Waals surface area contributed by atoms with Crippen LogP contribution in [0.4, 0.5) is 8.78 Å². The van der Waals surface area contributed by atoms with Crippen molar-refractivity contribution in [2.45, 2.75) is 33.2 Å². The highest BCUT2D eigenvalue weighted by Gasteiger charge is 2.20. The topological polar surface area (TPSA) is 112 Å². The predicted octanol–water partition coefficient (Wildman–Crippen LogP) is 2.50. The molecule has 29 heavy (non-hydrogen) atoms. The Balaban J connectivity index is 1.87. The summed E-state index contributed by atoms with van der Waals surface area (Å²) in [5, 5.41) is 11.5. The zero-order chi connectivity index (χ0) is 21.3. The normalized spacial score (nSPS) is 11.9. The van der Waals surface area contributed by atoms with Gasteiger partial charge in [0.1, 0.15) is 6.07 Å². The average molecular weight is 397 g/mol. The smallest absolute Gasteiger partial charge is 0.252 e. The molecular formula is C20H17F2N5O2. The molecule has 0 aliphatic rings. The molecule has 0 aliphatic heterocycles. The first-order valence-electron chi connectivity index (χ1n) is 8.75. The summed E-state index contributed by atoms with van der Waals surface area (Å²) in [5.74, 6) is -2.60. The lowest BCUT2D eigenvalue weighted by molar-refractivity contribution is -0.121. The summed E-state index contributed by atoms with van der Waals surface area (Å²) in [6.45, 7) is 4.83. The van der Waals surface area contributed by atoms with E-state index in [0.29, 0.717) is 11.4 Å². The van der Waals surface area contributed by atoms with Gasteiger partial charge in [-0.15, -0.1) is 0 Å². The molecule has 1 aromatic carbocycles. The molecule has 2 N–H and O–H groups in total. The predicted molar refractivity (Wildman–Crippen MR) is 101 cm³/mol. The number of carbonyl (C=O) groups excluding carboxylic acids is 1. The third-order valence-corrected chi connectivity index (χ3v) is 4.67. The Bertz CT molecular complexity index is 1230. The van der Waals surface area contributed by atoms with Crippen LogP contribution in [0.15, 0.2) is 23.1 Å². The summed E-state index contributed by atoms with van der Waals surface area (Å²) in [7, 11) is 0. The van der Waals surface area contributed by atoms with Gasteiger partial charge < -0.3 is 10.3 Å². The lowest BCUT2D eigenvalue weighted by atomic mass is 10.0. The molecule has 0 aliphatic carbocycles. The molecule has 7 nitrogen and oxygen atoms in total. The van der Waals surface area contributed by atoms with Crippen molar-refractivity contribution in [1.29, 1.82) is 5.26 Å². The standard InChI is InChI=1S/C20H17F2N5O2/c1-9-13(20(29)27-15-5-4-14(21)18(22)17(9)15)6-16(28)26-11(3)19-10(2)25-12(7-23)8-24-19/h4-5,8,11H,6H2,1-3H3,(H,26,28)(H,27,29)/t11-/m1/s1. The lowest BCUT2D eigenvalue weighted by Gasteiger charge is -2.16. The van der Waals surface area contributed by atoms with E-state index < -0.39 is 29.1 Å². The van der Waals surface area contributed by atoms with E-state index in [9.17, 15) is 18.4 Å². The summed E-state index contributed by atoms with van der Waals surface area (Å²) in [5.41, 5.74) is 1.01. The fourth-order valence-corrected chi connectivity index (χ4v) is 3.24. The highest BCUT2D eigenvalue weighted by Crippen LogP contribution is 2.23. The van der Waals surface area contributed by atoms with Crippen molar-refractivity contribution in [3.05, 3.63) is 68.5 Å². The molecule has 148 valence electrons. The minimum Gasteiger partial charge on any atom is -0.348 e. The summed E-state index contributed by atoms with van der Waals surface area (Å²) in [4.78, 5) is 35.6. The maximum atomic E-state index is 14.2. The van der Waals surface area contributed by atoms with Gasteiger partial charge in [-0.05, 0) is 38.5 Å². The number of aromatic amines is 1. The number of aryl methyl sites for hydroxylation is 2. The number of nitrogens with one attached hydrogen (secondary N) is 2. The van der Waals surface area contributed by atoms with E-state index in [1.54, 1.807) is 13.8 Å². The molecule has 0 spiro atoms. The third-order valence-electron chi connectivity index (χ3n) is 4.67. The van der Waals surface area contributed by atoms with Crippen molar-refractivity contribution in [1.82, 2.24) is 20.3 Å². The molecule has 3 rings (SSSR count). The zero-order valence-electron chi connectivity index (χ0n) is 15.9. The van der Waals surface area contributed by atoms with E-state index >= 15 is 0 Å². The molecular weight excluding hydrogens is 380 g/mol. The highest BCUT2D eigenvalue weighted by molar-refractivity contribution is 5.86. The Labute approximate surface area is 164 Å². The van der Waals surface area contributed by atoms with Crippen LogP contribution in [0, 0.1) is 36.8 Å². The van der Waals surface area contributed by atoms with Crippen LogP contribution in [-0.2, 0) is 11.2 Å². The molecule has 0 fully saturated rings. The van der Waals surface area contributed by atoms with Gasteiger partial charge in [0.2, 0.25) is 5.91 Å². The van der Waals surface area contributed by atoms with E-state index in [-0.39, 0.29) is 34.1 Å². The van der Waals surface area contributed by atoms with Crippen LogP contribution in [0.5, 0.6) is 0 Å². The minimum atomic E-state index is -1.07. The quantitative estimate of drug-likeness (QED) is 0.703. The number of amides is 1. The lowest BCUT2D eigenvalue weighted by Crippen LogP contribution is -2.31. The van der Waals surface area contributed by atoms with Crippen molar-refractivity contribution in [2.24, 2.45) is 0 Å². The van der Waals surface area contributed by atoms with Crippen molar-refractivity contribution in [3.8, 4) is 6.07 Å². The van der Waals surface area contributed by atoms with Gasteiger partial charge in [-0.25, -0.2) is 13.8 Å². The van der Waals surface area contributed by atoms with Gasteiger partial charge in [0.15, 0.2) is 17.3 Å². The molecule has 0 saturated heterocycles. The number of rotatable bonds is 4. The number of carbonyl (C=O) groups is 1. The molecule has 1 atom stereocenters. The first-order chi connectivity index (χ1) is 13.7. The van der Waals surface area contributed by atoms with Gasteiger partial charge in [-0.1, -0.05) is 0 Å². The monoisotopic (exact) mass is 397 g/mol. The number of halogens is 2. The molecule has 9 heteroatoms. The van der Waals surface area contributed by atoms with Crippen LogP contribution in [0.3, 0.4) is 0 Å². The van der Waals surface area contributed by atoms with Crippen LogP contribution >= 0.6 is 0 Å². The number of fused-ring (bicyclic) bond motifs is 1. The van der Waals surface area contributed by atoms with E-state index in [1.807, 2.05) is 6.07 Å². The van der Waals surface area contributed by atoms with Crippen LogP contribution in [0.2, 0.25) is 0 Å². The van der Waals surface area contributed by atoms with E-state index in [1.165, 1.54) is 19.2 Å². The number of H-pyrrole nitrogens is 1. The summed E-state index contributed by atoms with van der Waals surface area (Å²) in [6.07, 6.45) is 0.987. The molecule has 2 aromatic heterocycles. The van der Waals surface area contributed by atoms with Gasteiger partial charge in [0, 0.05) is 10.9 Å². The number of pyridine rings is 1. The molecule has 3 aromatic rings. The van der Waals surface area contributed by atoms with E-state index in [0.717, 1.165) is 6.07 Å². The SMILES string of the molecule is Cc1nc(C#N)cnc1[C@@H](C)NC(=O)Cc1c(C)c2c(F)c(F)ccc2[nH]c1=O. The second-order valence-corrected chi connectivity index (χ2v) is 6.65. The fraction of sp³-hybridized carbons (Fsp3) is 0.250. The van der Waals surface area contributed by atoms with Gasteiger partial charge in [-0.2, -0.15) is 5.26 Å². The number of nitriles is 1. The Hall–Kier alpha value is -3.67. The Morgan fingerprint density at radius 3 is 2.72 bits per heavy atom. The van der Waals surface area contributed by atoms with Crippen molar-refractivity contribution in [2.75, 3.05) is 0 Å². The molecule has 0 saturated carbocycles. The maximum Gasteiger partial charge on any atom is 0.252 e. The molecule has 1 amide bonds. The average Bonchev–Trinajstić information content (AvgIpc) is 2.67. The fourth-order valence-electron chi connectivity index (χ4n) is 3.24. The van der Waals surface area contributed by atoms with Gasteiger partial charge in [0.05, 0.1) is 35.6 Å². The third kappa shape index (κ3) is 3.82. The molecule has 2 heterocycles. The molecule has 0 radical (unpaired) electrons. The first kappa shape index (κ1) is 20.1. The largest absolute Gasteiger partial charge is 0.348 e. The summed E-state index contributed by atoms with van der Waals surface area (Å²) < 4.78 is 27.8. The maximum absolute atomic E-state index is 14.2. The van der Waals surface area contributed by atoms with Crippen molar-refractivity contribution >= 4 is 16.8 Å². The number of benzene rings is 1. The minimum absolute atomic E-state index is 0.0503. The second-order valence-electron chi connectivity index (χ2n) is 6.65. The van der Waals surface area contributed by atoms with E-state index in [2.05, 4.69) is 20.3 Å². The summed E-state index contributed by atoms with van der Waals surface area (Å²) in [6, 6.07) is 3.57.